The van der Waals surface area contributed by atoms with Crippen molar-refractivity contribution in [2.45, 2.75) is 24.5 Å². The minimum atomic E-state index is -1.39. The van der Waals surface area contributed by atoms with Crippen LogP contribution in [0.3, 0.4) is 0 Å². The molecule has 2 aromatic rings. The number of fused-ring (bicyclic) bond motifs is 1. The number of nitrogens with zero attached hydrogens (tertiary/aromatic N) is 4. The third kappa shape index (κ3) is 2.52. The first-order chi connectivity index (χ1) is 11.0. The fraction of sp³-hybridized carbons (Fsp3) is 0.385. The number of anilines is 1. The molecule has 1 aliphatic heterocycles. The third-order valence-corrected chi connectivity index (χ3v) is 3.58. The number of amides is 1. The fourth-order valence-corrected chi connectivity index (χ4v) is 2.44. The highest BCUT2D eigenvalue weighted by atomic mass is 16.6. The molecule has 0 saturated carbocycles. The first-order valence-electron chi connectivity index (χ1n) is 6.87. The number of nitrogen functional groups attached to an aromatic ring is 1. The molecular weight excluding hydrogens is 304 g/mol. The van der Waals surface area contributed by atoms with Gasteiger partial charge >= 0.3 is 0 Å². The summed E-state index contributed by atoms with van der Waals surface area (Å²) in [6, 6.07) is 0. The number of imidazole rings is 1. The molecule has 0 unspecified atom stereocenters. The first-order valence-corrected chi connectivity index (χ1v) is 6.87. The van der Waals surface area contributed by atoms with Gasteiger partial charge in [-0.15, -0.1) is 6.58 Å². The van der Waals surface area contributed by atoms with Gasteiger partial charge in [-0.05, 0) is 0 Å². The van der Waals surface area contributed by atoms with Crippen LogP contribution in [-0.2, 0) is 9.53 Å². The minimum Gasteiger partial charge on any atom is -0.387 e. The maximum absolute atomic E-state index is 12.0. The van der Waals surface area contributed by atoms with Crippen molar-refractivity contribution in [3.8, 4) is 0 Å². The molecule has 3 heterocycles. The average Bonchev–Trinajstić information content (AvgIpc) is 3.09. The Morgan fingerprint density at radius 2 is 2.22 bits per heavy atom. The largest absolute Gasteiger partial charge is 0.387 e. The second-order valence-electron chi connectivity index (χ2n) is 5.05. The van der Waals surface area contributed by atoms with E-state index < -0.39 is 30.4 Å². The van der Waals surface area contributed by atoms with Gasteiger partial charge in [0, 0.05) is 6.54 Å². The fourth-order valence-electron chi connectivity index (χ4n) is 2.44. The van der Waals surface area contributed by atoms with E-state index in [2.05, 4.69) is 26.8 Å². The van der Waals surface area contributed by atoms with Crippen molar-refractivity contribution >= 4 is 22.9 Å². The van der Waals surface area contributed by atoms with Crippen LogP contribution in [0.2, 0.25) is 0 Å². The lowest BCUT2D eigenvalue weighted by atomic mass is 10.1. The molecule has 10 heteroatoms. The summed E-state index contributed by atoms with van der Waals surface area (Å²) >= 11 is 0. The smallest absolute Gasteiger partial charge is 0.252 e. The van der Waals surface area contributed by atoms with Crippen molar-refractivity contribution in [1.82, 2.24) is 24.8 Å². The van der Waals surface area contributed by atoms with Crippen LogP contribution in [0.4, 0.5) is 5.82 Å². The maximum atomic E-state index is 12.0. The van der Waals surface area contributed by atoms with Crippen LogP contribution in [0.15, 0.2) is 25.3 Å². The van der Waals surface area contributed by atoms with Gasteiger partial charge in [-0.3, -0.25) is 9.36 Å². The Hall–Kier alpha value is -2.56. The molecule has 2 aromatic heterocycles. The summed E-state index contributed by atoms with van der Waals surface area (Å²) in [4.78, 5) is 23.9. The van der Waals surface area contributed by atoms with Gasteiger partial charge < -0.3 is 26.0 Å². The molecule has 0 radical (unpaired) electrons. The number of nitrogens with one attached hydrogen (secondary N) is 1. The molecule has 122 valence electrons. The Morgan fingerprint density at radius 3 is 2.96 bits per heavy atom. The Kier molecular flexibility index (Phi) is 3.94. The number of carbonyl (C=O) groups excluding carboxylic acids is 1. The van der Waals surface area contributed by atoms with Gasteiger partial charge in [0.25, 0.3) is 5.91 Å². The summed E-state index contributed by atoms with van der Waals surface area (Å²) in [5, 5.41) is 22.8. The topological polar surface area (TPSA) is 148 Å². The second kappa shape index (κ2) is 5.91. The number of ether oxygens (including phenoxy) is 1. The van der Waals surface area contributed by atoms with E-state index in [4.69, 9.17) is 10.5 Å². The zero-order valence-electron chi connectivity index (χ0n) is 12.0. The predicted molar refractivity (Wildman–Crippen MR) is 78.9 cm³/mol. The molecule has 3 rings (SSSR count). The molecule has 4 atom stereocenters. The van der Waals surface area contributed by atoms with E-state index in [1.54, 1.807) is 0 Å². The van der Waals surface area contributed by atoms with Gasteiger partial charge in [-0.1, -0.05) is 6.08 Å². The monoisotopic (exact) mass is 320 g/mol. The van der Waals surface area contributed by atoms with Crippen molar-refractivity contribution < 1.29 is 19.7 Å². The van der Waals surface area contributed by atoms with Crippen LogP contribution >= 0.6 is 0 Å². The van der Waals surface area contributed by atoms with E-state index >= 15 is 0 Å². The summed E-state index contributed by atoms with van der Waals surface area (Å²) in [6.45, 7) is 3.71. The van der Waals surface area contributed by atoms with E-state index in [1.165, 1.54) is 23.3 Å². The van der Waals surface area contributed by atoms with E-state index in [-0.39, 0.29) is 12.4 Å². The van der Waals surface area contributed by atoms with Crippen molar-refractivity contribution in [2.24, 2.45) is 0 Å². The highest BCUT2D eigenvalue weighted by Crippen LogP contribution is 2.31. The summed E-state index contributed by atoms with van der Waals surface area (Å²) in [6.07, 6.45) is -0.849. The molecule has 10 nitrogen and oxygen atoms in total. The molecule has 0 spiro atoms. The summed E-state index contributed by atoms with van der Waals surface area (Å²) < 4.78 is 6.92. The van der Waals surface area contributed by atoms with Gasteiger partial charge in [0.2, 0.25) is 0 Å². The molecule has 5 N–H and O–H groups in total. The van der Waals surface area contributed by atoms with Crippen molar-refractivity contribution in [3.63, 3.8) is 0 Å². The number of aliphatic hydroxyl groups is 2. The van der Waals surface area contributed by atoms with Crippen LogP contribution in [0.5, 0.6) is 0 Å². The van der Waals surface area contributed by atoms with Crippen molar-refractivity contribution in [1.29, 1.82) is 0 Å². The van der Waals surface area contributed by atoms with Gasteiger partial charge in [0.05, 0.1) is 6.33 Å². The standard InChI is InChI=1S/C13H16N6O4/c1-2-3-15-12(22)9-7(20)8(21)13(23-9)19-5-18-6-10(14)16-4-17-11(6)19/h2,4-5,7-9,13,20-21H,1,3H2,(H,15,22)(H2,14,16,17)/t7-,8+,9-,13+/m0/s1. The molecule has 0 aromatic carbocycles. The van der Waals surface area contributed by atoms with Crippen LogP contribution in [0.1, 0.15) is 6.23 Å². The van der Waals surface area contributed by atoms with Crippen LogP contribution in [-0.4, -0.2) is 60.5 Å². The lowest BCUT2D eigenvalue weighted by Gasteiger charge is -2.16. The molecule has 23 heavy (non-hydrogen) atoms. The lowest BCUT2D eigenvalue weighted by molar-refractivity contribution is -0.137. The van der Waals surface area contributed by atoms with Crippen molar-refractivity contribution in [3.05, 3.63) is 25.3 Å². The number of aliphatic hydroxyl groups excluding tert-OH is 2. The van der Waals surface area contributed by atoms with E-state index in [9.17, 15) is 15.0 Å². The zero-order valence-corrected chi connectivity index (χ0v) is 12.0. The Balaban J connectivity index is 1.89. The average molecular weight is 320 g/mol. The van der Waals surface area contributed by atoms with Crippen LogP contribution < -0.4 is 11.1 Å². The molecule has 1 saturated heterocycles. The third-order valence-electron chi connectivity index (χ3n) is 3.58. The molecule has 1 aliphatic rings. The van der Waals surface area contributed by atoms with Gasteiger partial charge in [0.1, 0.15) is 24.1 Å². The quantitative estimate of drug-likeness (QED) is 0.489. The summed E-state index contributed by atoms with van der Waals surface area (Å²) in [5.41, 5.74) is 6.39. The van der Waals surface area contributed by atoms with Crippen LogP contribution in [0, 0.1) is 0 Å². The minimum absolute atomic E-state index is 0.182. The predicted octanol–water partition coefficient (Wildman–Crippen LogP) is -1.67. The van der Waals surface area contributed by atoms with Crippen LogP contribution in [0.25, 0.3) is 11.2 Å². The van der Waals surface area contributed by atoms with Crippen molar-refractivity contribution in [2.75, 3.05) is 12.3 Å². The Labute approximate surface area is 130 Å². The normalized spacial score (nSPS) is 27.2. The van der Waals surface area contributed by atoms with E-state index in [0.717, 1.165) is 0 Å². The molecule has 1 fully saturated rings. The SMILES string of the molecule is C=CCNC(=O)[C@H]1O[C@@H](n2cnc3c(N)ncnc32)[C@H](O)[C@@H]1O. The molecule has 0 bridgehead atoms. The maximum Gasteiger partial charge on any atom is 0.252 e. The van der Waals surface area contributed by atoms with E-state index in [0.29, 0.717) is 11.2 Å². The first kappa shape index (κ1) is 15.3. The summed E-state index contributed by atoms with van der Waals surface area (Å²) in [5.74, 6) is -0.362. The lowest BCUT2D eigenvalue weighted by Crippen LogP contribution is -2.42. The second-order valence-corrected chi connectivity index (χ2v) is 5.05. The number of carbonyl (C=O) groups is 1. The number of hydrogen-bond donors (Lipinski definition) is 4. The number of nitrogens with two attached hydrogens (primary N) is 1. The van der Waals surface area contributed by atoms with Gasteiger partial charge in [-0.25, -0.2) is 15.0 Å². The highest BCUT2D eigenvalue weighted by molar-refractivity contribution is 5.82. The van der Waals surface area contributed by atoms with Gasteiger partial charge in [-0.2, -0.15) is 0 Å². The molecular formula is C13H16N6O4. The Bertz CT molecular complexity index is 747. The highest BCUT2D eigenvalue weighted by Gasteiger charge is 2.47. The molecule has 0 aliphatic carbocycles. The number of rotatable bonds is 4. The zero-order chi connectivity index (χ0) is 16.6. The van der Waals surface area contributed by atoms with E-state index in [1.807, 2.05) is 0 Å². The van der Waals surface area contributed by atoms with Gasteiger partial charge in [0.15, 0.2) is 23.8 Å². The Morgan fingerprint density at radius 1 is 1.43 bits per heavy atom. The number of aromatic nitrogens is 4. The molecule has 1 amide bonds. The number of hydrogen-bond acceptors (Lipinski definition) is 8. The summed E-state index contributed by atoms with van der Waals surface area (Å²) in [7, 11) is 0.